The van der Waals surface area contributed by atoms with E-state index >= 15 is 0 Å². The summed E-state index contributed by atoms with van der Waals surface area (Å²) in [6.45, 7) is 9.17. The van der Waals surface area contributed by atoms with Crippen LogP contribution in [-0.2, 0) is 0 Å². The van der Waals surface area contributed by atoms with Crippen molar-refractivity contribution in [1.82, 2.24) is 9.80 Å². The molecule has 4 aromatic rings. The molecule has 6 rings (SSSR count). The van der Waals surface area contributed by atoms with Crippen LogP contribution in [0.5, 0.6) is 0 Å². The summed E-state index contributed by atoms with van der Waals surface area (Å²) >= 11 is 0. The first-order valence-corrected chi connectivity index (χ1v) is 17.8. The van der Waals surface area contributed by atoms with E-state index in [0.717, 1.165) is 62.5 Å². The van der Waals surface area contributed by atoms with Crippen LogP contribution in [0.15, 0.2) is 72.8 Å². The lowest BCUT2D eigenvalue weighted by Gasteiger charge is -2.36. The molecule has 0 fully saturated rings. The van der Waals surface area contributed by atoms with Crippen LogP contribution in [0, 0.1) is 11.8 Å². The van der Waals surface area contributed by atoms with Crippen molar-refractivity contribution in [3.8, 4) is 22.3 Å². The van der Waals surface area contributed by atoms with Crippen molar-refractivity contribution in [1.29, 1.82) is 0 Å². The lowest BCUT2D eigenvalue weighted by atomic mass is 9.78. The van der Waals surface area contributed by atoms with Crippen LogP contribution in [0.1, 0.15) is 120 Å². The van der Waals surface area contributed by atoms with E-state index in [2.05, 4.69) is 27.7 Å². The van der Waals surface area contributed by atoms with Gasteiger partial charge < -0.3 is 0 Å². The zero-order valence-corrected chi connectivity index (χ0v) is 28.7. The summed E-state index contributed by atoms with van der Waals surface area (Å²) in [5, 5.41) is 0.849. The molecule has 48 heavy (non-hydrogen) atoms. The number of carbonyl (C=O) groups excluding carboxylic acids is 4. The molecular weight excluding hydrogens is 596 g/mol. The van der Waals surface area contributed by atoms with Gasteiger partial charge in [-0.15, -0.1) is 0 Å². The van der Waals surface area contributed by atoms with Gasteiger partial charge in [-0.05, 0) is 59.1 Å². The third-order valence-electron chi connectivity index (χ3n) is 10.4. The van der Waals surface area contributed by atoms with Crippen molar-refractivity contribution in [2.75, 3.05) is 13.1 Å². The van der Waals surface area contributed by atoms with E-state index in [4.69, 9.17) is 0 Å². The molecule has 248 valence electrons. The summed E-state index contributed by atoms with van der Waals surface area (Å²) in [7, 11) is 0. The molecule has 0 aromatic heterocycles. The Bertz CT molecular complexity index is 1730. The van der Waals surface area contributed by atoms with Crippen molar-refractivity contribution in [3.63, 3.8) is 0 Å². The Morgan fingerprint density at radius 2 is 0.875 bits per heavy atom. The number of benzene rings is 4. The zero-order chi connectivity index (χ0) is 33.9. The molecule has 0 aliphatic carbocycles. The van der Waals surface area contributed by atoms with E-state index in [0.29, 0.717) is 57.2 Å². The van der Waals surface area contributed by atoms with Gasteiger partial charge in [0.2, 0.25) is 0 Å². The molecule has 4 amide bonds. The lowest BCUT2D eigenvalue weighted by Crippen LogP contribution is -2.46. The molecule has 0 saturated heterocycles. The van der Waals surface area contributed by atoms with Crippen molar-refractivity contribution < 1.29 is 19.2 Å². The normalized spacial score (nSPS) is 15.4. The van der Waals surface area contributed by atoms with Gasteiger partial charge in [0.15, 0.2) is 0 Å². The maximum absolute atomic E-state index is 14.7. The lowest BCUT2D eigenvalue weighted by molar-refractivity contribution is 0.0559. The molecule has 0 N–H and O–H groups in total. The highest BCUT2D eigenvalue weighted by molar-refractivity contribution is 6.36. The highest BCUT2D eigenvalue weighted by atomic mass is 16.2. The molecule has 6 heteroatoms. The van der Waals surface area contributed by atoms with Crippen LogP contribution in [0.4, 0.5) is 0 Å². The monoisotopic (exact) mass is 642 g/mol. The predicted molar refractivity (Wildman–Crippen MR) is 192 cm³/mol. The summed E-state index contributed by atoms with van der Waals surface area (Å²) < 4.78 is 0. The average molecular weight is 643 g/mol. The highest BCUT2D eigenvalue weighted by Crippen LogP contribution is 2.46. The first kappa shape index (κ1) is 33.3. The molecule has 2 heterocycles. The molecule has 4 aromatic carbocycles. The fourth-order valence-electron chi connectivity index (χ4n) is 7.54. The van der Waals surface area contributed by atoms with Crippen LogP contribution in [-0.4, -0.2) is 46.5 Å². The standard InChI is InChI=1S/C42H46N2O4/c1-5-9-17-27(7-3)25-43-39(45)33-23-32(30-21-15-12-16-22-30)38-36-34(40(46)44(42(38)48)26-28(8-4)18-10-6-2)24-31(29-19-13-11-14-20-29)37(35(33)36)41(43)47/h11-16,19-24,27-28H,5-10,17-18,25-26H2,1-4H3. The van der Waals surface area contributed by atoms with Gasteiger partial charge in [-0.3, -0.25) is 29.0 Å². The maximum atomic E-state index is 14.7. The Kier molecular flexibility index (Phi) is 9.91. The van der Waals surface area contributed by atoms with E-state index in [9.17, 15) is 19.2 Å². The number of unbranched alkanes of at least 4 members (excludes halogenated alkanes) is 2. The largest absolute Gasteiger partial charge is 0.274 e. The van der Waals surface area contributed by atoms with Gasteiger partial charge >= 0.3 is 0 Å². The first-order chi connectivity index (χ1) is 23.3. The molecule has 0 radical (unpaired) electrons. The number of imide groups is 2. The molecule has 2 unspecified atom stereocenters. The second-order valence-electron chi connectivity index (χ2n) is 13.5. The van der Waals surface area contributed by atoms with E-state index in [1.54, 1.807) is 0 Å². The van der Waals surface area contributed by atoms with Crippen molar-refractivity contribution >= 4 is 34.4 Å². The van der Waals surface area contributed by atoms with Gasteiger partial charge in [-0.25, -0.2) is 0 Å². The molecule has 2 aliphatic rings. The predicted octanol–water partition coefficient (Wildman–Crippen LogP) is 9.80. The van der Waals surface area contributed by atoms with Crippen LogP contribution < -0.4 is 0 Å². The zero-order valence-electron chi connectivity index (χ0n) is 28.7. The fraction of sp³-hybridized carbons (Fsp3) is 0.381. The van der Waals surface area contributed by atoms with E-state index in [-0.39, 0.29) is 35.5 Å². The first-order valence-electron chi connectivity index (χ1n) is 17.8. The molecular formula is C42H46N2O4. The molecule has 2 atom stereocenters. The Labute approximate surface area is 284 Å². The van der Waals surface area contributed by atoms with Gasteiger partial charge in [0.25, 0.3) is 23.6 Å². The summed E-state index contributed by atoms with van der Waals surface area (Å²) in [5.41, 5.74) is 4.33. The molecule has 6 nitrogen and oxygen atoms in total. The summed E-state index contributed by atoms with van der Waals surface area (Å²) in [5.74, 6) is -1.10. The number of nitrogens with zero attached hydrogens (tertiary/aromatic N) is 2. The smallest absolute Gasteiger partial charge is 0.262 e. The van der Waals surface area contributed by atoms with E-state index in [1.165, 1.54) is 9.80 Å². The van der Waals surface area contributed by atoms with Gasteiger partial charge in [-0.2, -0.15) is 0 Å². The average Bonchev–Trinajstić information content (AvgIpc) is 3.12. The SMILES string of the molecule is CCCCC(CC)CN1C(=O)c2cc(-c3ccccc3)c3c4c(cc(-c5ccccc5)c(c24)C1=O)C(=O)N(CC(CC)CCCC)C3=O. The topological polar surface area (TPSA) is 74.8 Å². The summed E-state index contributed by atoms with van der Waals surface area (Å²) in [4.78, 5) is 61.2. The summed E-state index contributed by atoms with van der Waals surface area (Å²) in [6.07, 6.45) is 7.71. The van der Waals surface area contributed by atoms with Crippen molar-refractivity contribution in [2.24, 2.45) is 11.8 Å². The number of amides is 4. The molecule has 0 saturated carbocycles. The van der Waals surface area contributed by atoms with Crippen molar-refractivity contribution in [3.05, 3.63) is 95.1 Å². The van der Waals surface area contributed by atoms with Gasteiger partial charge in [0.1, 0.15) is 0 Å². The molecule has 2 aliphatic heterocycles. The van der Waals surface area contributed by atoms with Crippen LogP contribution >= 0.6 is 0 Å². The second kappa shape index (κ2) is 14.3. The Balaban J connectivity index is 1.65. The number of carbonyl (C=O) groups is 4. The number of hydrogen-bond acceptors (Lipinski definition) is 4. The number of hydrogen-bond donors (Lipinski definition) is 0. The summed E-state index contributed by atoms with van der Waals surface area (Å²) in [6, 6.07) is 22.8. The maximum Gasteiger partial charge on any atom is 0.262 e. The minimum atomic E-state index is -0.365. The highest BCUT2D eigenvalue weighted by Gasteiger charge is 2.43. The minimum Gasteiger partial charge on any atom is -0.274 e. The minimum absolute atomic E-state index is 0.178. The van der Waals surface area contributed by atoms with Crippen LogP contribution in [0.2, 0.25) is 0 Å². The number of rotatable bonds is 14. The Morgan fingerprint density at radius 1 is 0.500 bits per heavy atom. The van der Waals surface area contributed by atoms with E-state index in [1.807, 2.05) is 72.8 Å². The Morgan fingerprint density at radius 3 is 1.21 bits per heavy atom. The third-order valence-corrected chi connectivity index (χ3v) is 10.4. The van der Waals surface area contributed by atoms with E-state index < -0.39 is 0 Å². The van der Waals surface area contributed by atoms with Crippen LogP contribution in [0.3, 0.4) is 0 Å². The van der Waals surface area contributed by atoms with Crippen molar-refractivity contribution in [2.45, 2.75) is 79.1 Å². The van der Waals surface area contributed by atoms with Gasteiger partial charge in [0.05, 0.1) is 11.1 Å². The third kappa shape index (κ3) is 5.86. The second-order valence-corrected chi connectivity index (χ2v) is 13.5. The van der Waals surface area contributed by atoms with Gasteiger partial charge in [0, 0.05) is 35.0 Å². The van der Waals surface area contributed by atoms with Crippen LogP contribution in [0.25, 0.3) is 33.0 Å². The quantitative estimate of drug-likeness (QED) is 0.128. The molecule has 0 bridgehead atoms. The fourth-order valence-corrected chi connectivity index (χ4v) is 7.54. The Hall–Kier alpha value is -4.58. The van der Waals surface area contributed by atoms with Gasteiger partial charge in [-0.1, -0.05) is 127 Å². The molecule has 0 spiro atoms.